The molecule has 0 aliphatic carbocycles. The number of methoxy groups -OCH3 is 1. The Morgan fingerprint density at radius 3 is 2.38 bits per heavy atom. The first-order valence-electron chi connectivity index (χ1n) is 9.73. The van der Waals surface area contributed by atoms with Gasteiger partial charge in [0.2, 0.25) is 0 Å². The topological polar surface area (TPSA) is 79.6 Å². The predicted molar refractivity (Wildman–Crippen MR) is 111 cm³/mol. The van der Waals surface area contributed by atoms with Crippen LogP contribution in [0.4, 0.5) is 0 Å². The highest BCUT2D eigenvalue weighted by atomic mass is 16.5. The molecule has 2 amide bonds. The fourth-order valence-corrected chi connectivity index (χ4v) is 3.03. The third-order valence-corrected chi connectivity index (χ3v) is 4.74. The lowest BCUT2D eigenvalue weighted by Gasteiger charge is -2.30. The summed E-state index contributed by atoms with van der Waals surface area (Å²) >= 11 is 0. The van der Waals surface area contributed by atoms with E-state index in [4.69, 9.17) is 9.47 Å². The van der Waals surface area contributed by atoms with Crippen molar-refractivity contribution in [3.63, 3.8) is 0 Å². The van der Waals surface area contributed by atoms with Crippen LogP contribution in [0.2, 0.25) is 0 Å². The van der Waals surface area contributed by atoms with Crippen LogP contribution in [-0.2, 0) is 9.59 Å². The zero-order valence-corrected chi connectivity index (χ0v) is 17.9. The second-order valence-electron chi connectivity index (χ2n) is 7.69. The molecule has 2 rings (SSSR count). The van der Waals surface area contributed by atoms with Crippen molar-refractivity contribution in [2.24, 2.45) is 5.92 Å². The van der Waals surface area contributed by atoms with Crippen LogP contribution in [0.5, 0.6) is 11.5 Å². The number of benzene rings is 1. The highest BCUT2D eigenvalue weighted by Crippen LogP contribution is 2.32. The van der Waals surface area contributed by atoms with Crippen molar-refractivity contribution < 1.29 is 19.1 Å². The number of nitriles is 1. The fourth-order valence-electron chi connectivity index (χ4n) is 3.03. The zero-order chi connectivity index (χ0) is 21.7. The molecule has 6 heteroatoms. The van der Waals surface area contributed by atoms with Crippen LogP contribution in [0.1, 0.15) is 46.6 Å². The quantitative estimate of drug-likeness (QED) is 0.512. The summed E-state index contributed by atoms with van der Waals surface area (Å²) in [5.74, 6) is 0.781. The molecule has 1 aliphatic rings. The number of nitrogens with zero attached hydrogens (tertiary/aromatic N) is 2. The molecule has 1 heterocycles. The van der Waals surface area contributed by atoms with E-state index in [0.29, 0.717) is 35.2 Å². The molecule has 0 fully saturated rings. The minimum atomic E-state index is -0.548. The van der Waals surface area contributed by atoms with Crippen LogP contribution in [0.15, 0.2) is 34.9 Å². The second-order valence-corrected chi connectivity index (χ2v) is 7.69. The average molecular weight is 396 g/mol. The number of imide groups is 1. The molecule has 0 atom stereocenters. The fraction of sp³-hybridized carbons (Fsp3) is 0.435. The van der Waals surface area contributed by atoms with Crippen LogP contribution in [0.3, 0.4) is 0 Å². The molecule has 0 unspecified atom stereocenters. The molecule has 1 aromatic rings. The van der Waals surface area contributed by atoms with E-state index >= 15 is 0 Å². The molecule has 0 spiro atoms. The van der Waals surface area contributed by atoms with Gasteiger partial charge in [-0.3, -0.25) is 14.5 Å². The van der Waals surface area contributed by atoms with E-state index in [1.807, 2.05) is 12.1 Å². The van der Waals surface area contributed by atoms with Gasteiger partial charge in [-0.05, 0) is 62.5 Å². The number of amides is 2. The van der Waals surface area contributed by atoms with Gasteiger partial charge < -0.3 is 9.47 Å². The third-order valence-electron chi connectivity index (χ3n) is 4.74. The lowest BCUT2D eigenvalue weighted by Crippen LogP contribution is -2.46. The molecular formula is C23H28N2O4. The van der Waals surface area contributed by atoms with Crippen LogP contribution >= 0.6 is 0 Å². The van der Waals surface area contributed by atoms with E-state index in [2.05, 4.69) is 13.8 Å². The Morgan fingerprint density at radius 2 is 1.83 bits per heavy atom. The summed E-state index contributed by atoms with van der Waals surface area (Å²) in [5.41, 5.74) is 1.42. The van der Waals surface area contributed by atoms with Gasteiger partial charge in [0.15, 0.2) is 11.5 Å². The molecular weight excluding hydrogens is 368 g/mol. The SMILES string of the molecule is COc1cc(/C=C2/C(=O)N(C(C)C)C(=O)C(C#N)=C2C)ccc1OCCC(C)C. The van der Waals surface area contributed by atoms with Gasteiger partial charge in [-0.1, -0.05) is 19.9 Å². The van der Waals surface area contributed by atoms with Gasteiger partial charge in [0.05, 0.1) is 13.7 Å². The molecule has 154 valence electrons. The van der Waals surface area contributed by atoms with Gasteiger partial charge in [-0.25, -0.2) is 0 Å². The predicted octanol–water partition coefficient (Wildman–Crippen LogP) is 4.12. The number of carbonyl (C=O) groups excluding carboxylic acids is 2. The van der Waals surface area contributed by atoms with E-state index in [1.54, 1.807) is 46.1 Å². The lowest BCUT2D eigenvalue weighted by atomic mass is 9.93. The van der Waals surface area contributed by atoms with Gasteiger partial charge in [0.25, 0.3) is 11.8 Å². The van der Waals surface area contributed by atoms with E-state index in [9.17, 15) is 14.9 Å². The largest absolute Gasteiger partial charge is 0.493 e. The van der Waals surface area contributed by atoms with Crippen molar-refractivity contribution in [2.45, 2.75) is 47.1 Å². The maximum atomic E-state index is 12.9. The van der Waals surface area contributed by atoms with Crippen molar-refractivity contribution in [2.75, 3.05) is 13.7 Å². The third kappa shape index (κ3) is 4.86. The summed E-state index contributed by atoms with van der Waals surface area (Å²) in [6.45, 7) is 9.97. The molecule has 0 bridgehead atoms. The maximum Gasteiger partial charge on any atom is 0.271 e. The van der Waals surface area contributed by atoms with Gasteiger partial charge in [0.1, 0.15) is 11.6 Å². The summed E-state index contributed by atoms with van der Waals surface area (Å²) in [5, 5.41) is 9.41. The molecule has 1 aromatic carbocycles. The van der Waals surface area contributed by atoms with Crippen LogP contribution in [0, 0.1) is 17.2 Å². The Bertz CT molecular complexity index is 904. The van der Waals surface area contributed by atoms with Crippen molar-refractivity contribution >= 4 is 17.9 Å². The number of hydrogen-bond donors (Lipinski definition) is 0. The number of rotatable bonds is 7. The second kappa shape index (κ2) is 9.42. The molecule has 6 nitrogen and oxygen atoms in total. The first-order chi connectivity index (χ1) is 13.7. The maximum absolute atomic E-state index is 12.9. The van der Waals surface area contributed by atoms with E-state index in [-0.39, 0.29) is 11.6 Å². The highest BCUT2D eigenvalue weighted by molar-refractivity contribution is 6.19. The Hall–Kier alpha value is -3.07. The Balaban J connectivity index is 2.43. The monoisotopic (exact) mass is 396 g/mol. The Labute approximate surface area is 172 Å². The summed E-state index contributed by atoms with van der Waals surface area (Å²) in [6, 6.07) is 6.99. The van der Waals surface area contributed by atoms with Crippen LogP contribution in [0.25, 0.3) is 6.08 Å². The van der Waals surface area contributed by atoms with Gasteiger partial charge >= 0.3 is 0 Å². The number of carbonyl (C=O) groups is 2. The van der Waals surface area contributed by atoms with Crippen molar-refractivity contribution in [3.8, 4) is 17.6 Å². The number of hydrogen-bond acceptors (Lipinski definition) is 5. The molecule has 0 N–H and O–H groups in total. The molecule has 0 saturated heterocycles. The smallest absolute Gasteiger partial charge is 0.271 e. The summed E-state index contributed by atoms with van der Waals surface area (Å²) in [7, 11) is 1.56. The standard InChI is InChI=1S/C23H28N2O4/c1-14(2)9-10-29-20-8-7-17(12-21(20)28-6)11-18-16(5)19(13-24)23(27)25(15(3)4)22(18)26/h7-8,11-12,14-15H,9-10H2,1-6H3/b18-11+. The van der Waals surface area contributed by atoms with E-state index in [1.165, 1.54) is 0 Å². The normalized spacial score (nSPS) is 16.1. The molecule has 1 aliphatic heterocycles. The first-order valence-corrected chi connectivity index (χ1v) is 9.73. The lowest BCUT2D eigenvalue weighted by molar-refractivity contribution is -0.142. The summed E-state index contributed by atoms with van der Waals surface area (Å²) in [6.07, 6.45) is 2.61. The molecule has 0 saturated carbocycles. The van der Waals surface area contributed by atoms with Gasteiger partial charge in [-0.15, -0.1) is 0 Å². The summed E-state index contributed by atoms with van der Waals surface area (Å²) < 4.78 is 11.2. The van der Waals surface area contributed by atoms with Crippen LogP contribution in [-0.4, -0.2) is 36.5 Å². The molecule has 0 aromatic heterocycles. The average Bonchev–Trinajstić information content (AvgIpc) is 2.65. The van der Waals surface area contributed by atoms with E-state index < -0.39 is 11.8 Å². The first kappa shape index (κ1) is 22.2. The van der Waals surface area contributed by atoms with Crippen molar-refractivity contribution in [1.82, 2.24) is 4.90 Å². The highest BCUT2D eigenvalue weighted by Gasteiger charge is 2.36. The van der Waals surface area contributed by atoms with Crippen LogP contribution < -0.4 is 9.47 Å². The number of ether oxygens (including phenoxy) is 2. The zero-order valence-electron chi connectivity index (χ0n) is 17.9. The molecule has 0 radical (unpaired) electrons. The summed E-state index contributed by atoms with van der Waals surface area (Å²) in [4.78, 5) is 26.5. The Kier molecular flexibility index (Phi) is 7.22. The van der Waals surface area contributed by atoms with Gasteiger partial charge in [-0.2, -0.15) is 5.26 Å². The molecule has 29 heavy (non-hydrogen) atoms. The van der Waals surface area contributed by atoms with Gasteiger partial charge in [0, 0.05) is 11.6 Å². The Morgan fingerprint density at radius 1 is 1.14 bits per heavy atom. The minimum Gasteiger partial charge on any atom is -0.493 e. The van der Waals surface area contributed by atoms with E-state index in [0.717, 1.165) is 16.9 Å². The minimum absolute atomic E-state index is 0.00912. The van der Waals surface area contributed by atoms with Crippen molar-refractivity contribution in [1.29, 1.82) is 5.26 Å². The van der Waals surface area contributed by atoms with Crippen molar-refractivity contribution in [3.05, 3.63) is 40.5 Å².